The second kappa shape index (κ2) is 5.43. The topological polar surface area (TPSA) is 37.8 Å². The lowest BCUT2D eigenvalue weighted by Gasteiger charge is -2.04. The van der Waals surface area contributed by atoms with Crippen molar-refractivity contribution in [3.8, 4) is 0 Å². The highest BCUT2D eigenvalue weighted by Crippen LogP contribution is 1.97. The summed E-state index contributed by atoms with van der Waals surface area (Å²) in [7, 11) is 1.96. The van der Waals surface area contributed by atoms with Crippen molar-refractivity contribution in [2.45, 2.75) is 19.4 Å². The third-order valence-corrected chi connectivity index (χ3v) is 1.85. The third-order valence-electron chi connectivity index (χ3n) is 1.85. The fraction of sp³-hybridized carbons (Fsp3) is 0.400. The zero-order valence-electron chi connectivity index (χ0n) is 8.07. The van der Waals surface area contributed by atoms with Crippen molar-refractivity contribution in [3.05, 3.63) is 30.4 Å². The molecule has 1 rings (SSSR count). The number of nitrogens with zero attached hydrogens (tertiary/aromatic N) is 2. The van der Waals surface area contributed by atoms with Gasteiger partial charge >= 0.3 is 0 Å². The maximum absolute atomic E-state index is 4.13. The first-order valence-corrected chi connectivity index (χ1v) is 4.42. The smallest absolute Gasteiger partial charge is 0.0809 e. The van der Waals surface area contributed by atoms with Crippen LogP contribution in [-0.2, 0) is 0 Å². The summed E-state index contributed by atoms with van der Waals surface area (Å²) in [5, 5.41) is 3.16. The Morgan fingerprint density at radius 3 is 3.00 bits per heavy atom. The minimum absolute atomic E-state index is 0.507. The lowest BCUT2D eigenvalue weighted by molar-refractivity contribution is 0.621. The van der Waals surface area contributed by atoms with Crippen LogP contribution in [0, 0.1) is 0 Å². The van der Waals surface area contributed by atoms with E-state index in [4.69, 9.17) is 0 Å². The molecule has 0 amide bonds. The molecule has 0 fully saturated rings. The summed E-state index contributed by atoms with van der Waals surface area (Å²) in [4.78, 5) is 8.10. The zero-order valence-corrected chi connectivity index (χ0v) is 8.07. The van der Waals surface area contributed by atoms with Gasteiger partial charge in [0.05, 0.1) is 11.9 Å². The van der Waals surface area contributed by atoms with E-state index in [1.807, 2.05) is 13.1 Å². The second-order valence-corrected chi connectivity index (χ2v) is 2.96. The molecule has 1 N–H and O–H groups in total. The van der Waals surface area contributed by atoms with Crippen LogP contribution in [0.25, 0.3) is 6.08 Å². The van der Waals surface area contributed by atoms with Crippen molar-refractivity contribution in [1.29, 1.82) is 0 Å². The summed E-state index contributed by atoms with van der Waals surface area (Å²) in [6.07, 6.45) is 10.2. The van der Waals surface area contributed by atoms with E-state index in [9.17, 15) is 0 Å². The van der Waals surface area contributed by atoms with Crippen molar-refractivity contribution < 1.29 is 0 Å². The first-order chi connectivity index (χ1) is 6.33. The van der Waals surface area contributed by atoms with Gasteiger partial charge in [-0.3, -0.25) is 9.97 Å². The predicted octanol–water partition coefficient (Wildman–Crippen LogP) is 1.49. The molecule has 1 aromatic heterocycles. The van der Waals surface area contributed by atoms with E-state index in [0.717, 1.165) is 12.1 Å². The summed E-state index contributed by atoms with van der Waals surface area (Å²) >= 11 is 0. The molecular weight excluding hydrogens is 162 g/mol. The maximum Gasteiger partial charge on any atom is 0.0809 e. The molecule has 0 saturated carbocycles. The van der Waals surface area contributed by atoms with Gasteiger partial charge in [0.2, 0.25) is 0 Å². The van der Waals surface area contributed by atoms with Crippen LogP contribution in [0.15, 0.2) is 24.7 Å². The van der Waals surface area contributed by atoms with Gasteiger partial charge in [0.15, 0.2) is 0 Å². The molecule has 1 atom stereocenters. The van der Waals surface area contributed by atoms with Crippen LogP contribution in [0.4, 0.5) is 0 Å². The minimum atomic E-state index is 0.507. The number of rotatable bonds is 4. The fourth-order valence-electron chi connectivity index (χ4n) is 0.907. The Labute approximate surface area is 78.9 Å². The van der Waals surface area contributed by atoms with Crippen molar-refractivity contribution in [3.63, 3.8) is 0 Å². The van der Waals surface area contributed by atoms with Gasteiger partial charge in [-0.05, 0) is 26.5 Å². The Kier molecular flexibility index (Phi) is 4.12. The summed E-state index contributed by atoms with van der Waals surface area (Å²) in [5.41, 5.74) is 0.908. The second-order valence-electron chi connectivity index (χ2n) is 2.96. The standard InChI is InChI=1S/C10H15N3/c1-9(11-2)4-3-5-10-8-12-6-7-13-10/h3,5-9,11H,4H2,1-2H3/b5-3+. The van der Waals surface area contributed by atoms with E-state index in [0.29, 0.717) is 6.04 Å². The summed E-state index contributed by atoms with van der Waals surface area (Å²) < 4.78 is 0. The van der Waals surface area contributed by atoms with Crippen LogP contribution in [-0.4, -0.2) is 23.1 Å². The van der Waals surface area contributed by atoms with Crippen LogP contribution < -0.4 is 5.32 Å². The van der Waals surface area contributed by atoms with Crippen molar-refractivity contribution in [1.82, 2.24) is 15.3 Å². The number of hydrogen-bond acceptors (Lipinski definition) is 3. The van der Waals surface area contributed by atoms with Gasteiger partial charge in [-0.2, -0.15) is 0 Å². The highest BCUT2D eigenvalue weighted by molar-refractivity contribution is 5.42. The van der Waals surface area contributed by atoms with E-state index >= 15 is 0 Å². The normalized spacial score (nSPS) is 13.4. The van der Waals surface area contributed by atoms with E-state index in [1.54, 1.807) is 18.6 Å². The van der Waals surface area contributed by atoms with Gasteiger partial charge in [0, 0.05) is 18.4 Å². The molecule has 0 aromatic carbocycles. The van der Waals surface area contributed by atoms with E-state index < -0.39 is 0 Å². The predicted molar refractivity (Wildman–Crippen MR) is 54.2 cm³/mol. The lowest BCUT2D eigenvalue weighted by Crippen LogP contribution is -2.19. The Morgan fingerprint density at radius 1 is 1.54 bits per heavy atom. The Morgan fingerprint density at radius 2 is 2.38 bits per heavy atom. The molecule has 0 aliphatic carbocycles. The maximum atomic E-state index is 4.13. The van der Waals surface area contributed by atoms with Gasteiger partial charge < -0.3 is 5.32 Å². The average molecular weight is 177 g/mol. The van der Waals surface area contributed by atoms with Crippen molar-refractivity contribution in [2.75, 3.05) is 7.05 Å². The molecule has 1 aromatic rings. The molecule has 1 heterocycles. The average Bonchev–Trinajstić information content (AvgIpc) is 2.19. The van der Waals surface area contributed by atoms with Gasteiger partial charge in [0.25, 0.3) is 0 Å². The SMILES string of the molecule is CNC(C)C/C=C/c1cnccn1. The minimum Gasteiger partial charge on any atom is -0.317 e. The first-order valence-electron chi connectivity index (χ1n) is 4.42. The largest absolute Gasteiger partial charge is 0.317 e. The zero-order chi connectivity index (χ0) is 9.52. The third kappa shape index (κ3) is 3.80. The number of nitrogens with one attached hydrogen (secondary N) is 1. The molecule has 1 unspecified atom stereocenters. The molecule has 0 bridgehead atoms. The molecule has 0 radical (unpaired) electrons. The van der Waals surface area contributed by atoms with Crippen LogP contribution in [0.2, 0.25) is 0 Å². The van der Waals surface area contributed by atoms with Crippen molar-refractivity contribution in [2.24, 2.45) is 0 Å². The molecule has 0 aliphatic rings. The molecule has 13 heavy (non-hydrogen) atoms. The molecule has 0 spiro atoms. The summed E-state index contributed by atoms with van der Waals surface area (Å²) in [6, 6.07) is 0.507. The Balaban J connectivity index is 2.41. The number of hydrogen-bond donors (Lipinski definition) is 1. The molecular formula is C10H15N3. The van der Waals surface area contributed by atoms with Crippen molar-refractivity contribution >= 4 is 6.08 Å². The summed E-state index contributed by atoms with van der Waals surface area (Å²) in [5.74, 6) is 0. The van der Waals surface area contributed by atoms with Gasteiger partial charge in [-0.1, -0.05) is 6.08 Å². The van der Waals surface area contributed by atoms with Gasteiger partial charge in [-0.15, -0.1) is 0 Å². The van der Waals surface area contributed by atoms with E-state index in [1.165, 1.54) is 0 Å². The van der Waals surface area contributed by atoms with Gasteiger partial charge in [0.1, 0.15) is 0 Å². The molecule has 0 aliphatic heterocycles. The monoisotopic (exact) mass is 177 g/mol. The lowest BCUT2D eigenvalue weighted by atomic mass is 10.2. The molecule has 70 valence electrons. The summed E-state index contributed by atoms with van der Waals surface area (Å²) in [6.45, 7) is 2.14. The molecule has 3 heteroatoms. The number of aromatic nitrogens is 2. The Bertz CT molecular complexity index is 256. The molecule has 0 saturated heterocycles. The fourth-order valence-corrected chi connectivity index (χ4v) is 0.907. The first kappa shape index (κ1) is 9.86. The highest BCUT2D eigenvalue weighted by Gasteiger charge is 1.92. The van der Waals surface area contributed by atoms with Crippen LogP contribution in [0.3, 0.4) is 0 Å². The quantitative estimate of drug-likeness (QED) is 0.757. The van der Waals surface area contributed by atoms with Crippen LogP contribution in [0.1, 0.15) is 19.0 Å². The van der Waals surface area contributed by atoms with Gasteiger partial charge in [-0.25, -0.2) is 0 Å². The van der Waals surface area contributed by atoms with E-state index in [2.05, 4.69) is 28.3 Å². The Hall–Kier alpha value is -1.22. The van der Waals surface area contributed by atoms with Crippen LogP contribution >= 0.6 is 0 Å². The highest BCUT2D eigenvalue weighted by atomic mass is 14.8. The van der Waals surface area contributed by atoms with Crippen LogP contribution in [0.5, 0.6) is 0 Å². The molecule has 3 nitrogen and oxygen atoms in total. The van der Waals surface area contributed by atoms with E-state index in [-0.39, 0.29) is 0 Å².